The van der Waals surface area contributed by atoms with Gasteiger partial charge in [-0.1, -0.05) is 38.5 Å². The standard InChI is InChI=1S/C16H24O2/c1-6-12(2)11-13-9-7-8-10-14(13)18-15(17)16(3,4)5/h7-10,12H,6,11H2,1-5H3. The molecule has 0 amide bonds. The monoisotopic (exact) mass is 248 g/mol. The van der Waals surface area contributed by atoms with E-state index < -0.39 is 5.41 Å². The molecule has 2 heteroatoms. The number of benzene rings is 1. The van der Waals surface area contributed by atoms with Gasteiger partial charge in [-0.05, 0) is 44.7 Å². The van der Waals surface area contributed by atoms with E-state index >= 15 is 0 Å². The zero-order valence-electron chi connectivity index (χ0n) is 12.1. The summed E-state index contributed by atoms with van der Waals surface area (Å²) < 4.78 is 5.52. The summed E-state index contributed by atoms with van der Waals surface area (Å²) in [6.07, 6.45) is 2.08. The number of ether oxygens (including phenoxy) is 1. The zero-order valence-corrected chi connectivity index (χ0v) is 12.1. The number of para-hydroxylation sites is 1. The van der Waals surface area contributed by atoms with Crippen LogP contribution in [0.25, 0.3) is 0 Å². The summed E-state index contributed by atoms with van der Waals surface area (Å²) in [4.78, 5) is 11.9. The minimum absolute atomic E-state index is 0.181. The topological polar surface area (TPSA) is 26.3 Å². The highest BCUT2D eigenvalue weighted by Crippen LogP contribution is 2.25. The molecule has 0 saturated carbocycles. The van der Waals surface area contributed by atoms with Crippen molar-refractivity contribution in [3.05, 3.63) is 29.8 Å². The maximum absolute atomic E-state index is 11.9. The molecule has 0 bridgehead atoms. The lowest BCUT2D eigenvalue weighted by molar-refractivity contribution is -0.143. The third kappa shape index (κ3) is 4.17. The van der Waals surface area contributed by atoms with Crippen LogP contribution in [0.4, 0.5) is 0 Å². The van der Waals surface area contributed by atoms with Gasteiger partial charge in [0, 0.05) is 0 Å². The van der Waals surface area contributed by atoms with Crippen LogP contribution in [0.3, 0.4) is 0 Å². The quantitative estimate of drug-likeness (QED) is 0.589. The van der Waals surface area contributed by atoms with Crippen LogP contribution >= 0.6 is 0 Å². The zero-order chi connectivity index (χ0) is 13.8. The van der Waals surface area contributed by atoms with E-state index in [0.717, 1.165) is 18.4 Å². The third-order valence-electron chi connectivity index (χ3n) is 3.05. The Morgan fingerprint density at radius 3 is 2.44 bits per heavy atom. The van der Waals surface area contributed by atoms with Gasteiger partial charge in [-0.15, -0.1) is 0 Å². The molecule has 0 spiro atoms. The third-order valence-corrected chi connectivity index (χ3v) is 3.05. The Balaban J connectivity index is 2.86. The fourth-order valence-electron chi connectivity index (χ4n) is 1.54. The Hall–Kier alpha value is -1.31. The highest BCUT2D eigenvalue weighted by molar-refractivity contribution is 5.78. The normalized spacial score (nSPS) is 13.2. The minimum Gasteiger partial charge on any atom is -0.426 e. The number of rotatable bonds is 4. The lowest BCUT2D eigenvalue weighted by Crippen LogP contribution is -2.26. The number of esters is 1. The molecule has 0 saturated heterocycles. The minimum atomic E-state index is -0.469. The second-order valence-corrected chi connectivity index (χ2v) is 5.96. The van der Waals surface area contributed by atoms with Crippen molar-refractivity contribution >= 4 is 5.97 Å². The Morgan fingerprint density at radius 1 is 1.28 bits per heavy atom. The van der Waals surface area contributed by atoms with Crippen LogP contribution < -0.4 is 4.74 Å². The van der Waals surface area contributed by atoms with Gasteiger partial charge in [0.25, 0.3) is 0 Å². The Morgan fingerprint density at radius 2 is 1.89 bits per heavy atom. The second kappa shape index (κ2) is 6.03. The predicted molar refractivity (Wildman–Crippen MR) is 74.7 cm³/mol. The lowest BCUT2D eigenvalue weighted by Gasteiger charge is -2.19. The molecule has 1 aromatic rings. The summed E-state index contributed by atoms with van der Waals surface area (Å²) in [5, 5.41) is 0. The number of hydrogen-bond acceptors (Lipinski definition) is 2. The van der Waals surface area contributed by atoms with E-state index in [-0.39, 0.29) is 5.97 Å². The molecule has 2 nitrogen and oxygen atoms in total. The summed E-state index contributed by atoms with van der Waals surface area (Å²) in [5.74, 6) is 1.12. The number of carbonyl (C=O) groups excluding carboxylic acids is 1. The first-order chi connectivity index (χ1) is 8.34. The largest absolute Gasteiger partial charge is 0.426 e. The molecule has 1 unspecified atom stereocenters. The van der Waals surface area contributed by atoms with E-state index in [0.29, 0.717) is 11.7 Å². The van der Waals surface area contributed by atoms with E-state index in [4.69, 9.17) is 4.74 Å². The molecule has 0 aliphatic heterocycles. The highest BCUT2D eigenvalue weighted by Gasteiger charge is 2.24. The van der Waals surface area contributed by atoms with Gasteiger partial charge in [-0.3, -0.25) is 4.79 Å². The lowest BCUT2D eigenvalue weighted by atomic mass is 9.96. The summed E-state index contributed by atoms with van der Waals surface area (Å²) in [5.41, 5.74) is 0.646. The van der Waals surface area contributed by atoms with Crippen molar-refractivity contribution in [1.29, 1.82) is 0 Å². The molecule has 1 atom stereocenters. The molecule has 0 N–H and O–H groups in total. The maximum Gasteiger partial charge on any atom is 0.316 e. The molecule has 18 heavy (non-hydrogen) atoms. The first kappa shape index (κ1) is 14.7. The van der Waals surface area contributed by atoms with Gasteiger partial charge in [-0.25, -0.2) is 0 Å². The SMILES string of the molecule is CCC(C)Cc1ccccc1OC(=O)C(C)(C)C. The van der Waals surface area contributed by atoms with E-state index in [1.165, 1.54) is 0 Å². The number of carbonyl (C=O) groups is 1. The highest BCUT2D eigenvalue weighted by atomic mass is 16.5. The van der Waals surface area contributed by atoms with Gasteiger partial charge in [-0.2, -0.15) is 0 Å². The fraction of sp³-hybridized carbons (Fsp3) is 0.562. The van der Waals surface area contributed by atoms with Crippen molar-refractivity contribution in [3.63, 3.8) is 0 Å². The molecule has 1 aromatic carbocycles. The van der Waals surface area contributed by atoms with Crippen molar-refractivity contribution in [2.75, 3.05) is 0 Å². The van der Waals surface area contributed by atoms with Gasteiger partial charge < -0.3 is 4.74 Å². The van der Waals surface area contributed by atoms with E-state index in [1.807, 2.05) is 45.0 Å². The van der Waals surface area contributed by atoms with Gasteiger partial charge in [0.2, 0.25) is 0 Å². The van der Waals surface area contributed by atoms with Crippen molar-refractivity contribution in [2.24, 2.45) is 11.3 Å². The summed E-state index contributed by atoms with van der Waals surface area (Å²) >= 11 is 0. The van der Waals surface area contributed by atoms with Crippen LogP contribution in [0.1, 0.15) is 46.6 Å². The molecule has 0 aliphatic rings. The van der Waals surface area contributed by atoms with Crippen molar-refractivity contribution in [3.8, 4) is 5.75 Å². The molecule has 0 radical (unpaired) electrons. The van der Waals surface area contributed by atoms with Crippen molar-refractivity contribution < 1.29 is 9.53 Å². The molecule has 0 aliphatic carbocycles. The molecule has 0 aromatic heterocycles. The van der Waals surface area contributed by atoms with Crippen molar-refractivity contribution in [1.82, 2.24) is 0 Å². The Bertz CT molecular complexity index is 402. The number of hydrogen-bond donors (Lipinski definition) is 0. The van der Waals surface area contributed by atoms with Gasteiger partial charge in [0.1, 0.15) is 5.75 Å². The van der Waals surface area contributed by atoms with Crippen LogP contribution in [0.2, 0.25) is 0 Å². The Kier molecular flexibility index (Phi) is 4.94. The van der Waals surface area contributed by atoms with E-state index in [2.05, 4.69) is 13.8 Å². The molecule has 0 heterocycles. The second-order valence-electron chi connectivity index (χ2n) is 5.96. The smallest absolute Gasteiger partial charge is 0.316 e. The molecule has 1 rings (SSSR count). The molecular formula is C16H24O2. The fourth-order valence-corrected chi connectivity index (χ4v) is 1.54. The molecule has 0 fully saturated rings. The van der Waals surface area contributed by atoms with Crippen LogP contribution in [0.5, 0.6) is 5.75 Å². The summed E-state index contributed by atoms with van der Waals surface area (Å²) in [6.45, 7) is 9.99. The van der Waals surface area contributed by atoms with E-state index in [1.54, 1.807) is 0 Å². The Labute approximate surface area is 110 Å². The van der Waals surface area contributed by atoms with E-state index in [9.17, 15) is 4.79 Å². The van der Waals surface area contributed by atoms with Gasteiger partial charge in [0.15, 0.2) is 0 Å². The van der Waals surface area contributed by atoms with Crippen LogP contribution in [-0.4, -0.2) is 5.97 Å². The molecule has 100 valence electrons. The van der Waals surface area contributed by atoms with Crippen molar-refractivity contribution in [2.45, 2.75) is 47.5 Å². The average molecular weight is 248 g/mol. The summed E-state index contributed by atoms with van der Waals surface area (Å²) in [7, 11) is 0. The van der Waals surface area contributed by atoms with Crippen LogP contribution in [-0.2, 0) is 11.2 Å². The first-order valence-electron chi connectivity index (χ1n) is 6.64. The molecular weight excluding hydrogens is 224 g/mol. The van der Waals surface area contributed by atoms with Crippen LogP contribution in [0.15, 0.2) is 24.3 Å². The maximum atomic E-state index is 11.9. The van der Waals surface area contributed by atoms with Gasteiger partial charge in [0.05, 0.1) is 5.41 Å². The van der Waals surface area contributed by atoms with Crippen LogP contribution in [0, 0.1) is 11.3 Å². The first-order valence-corrected chi connectivity index (χ1v) is 6.64. The van der Waals surface area contributed by atoms with Gasteiger partial charge >= 0.3 is 5.97 Å². The summed E-state index contributed by atoms with van der Waals surface area (Å²) in [6, 6.07) is 7.82. The average Bonchev–Trinajstić information content (AvgIpc) is 2.30. The predicted octanol–water partition coefficient (Wildman–Crippen LogP) is 4.23.